The standard InChI is InChI=1S/C12H8Cl2F3N3O3/c1-2-23-11-9(20(21)22)5-18-19(11)10-7(13)3-6(4-8(10)14)12(15,16)17/h3-5H,2H2,1H3. The van der Waals surface area contributed by atoms with Crippen molar-refractivity contribution in [1.82, 2.24) is 9.78 Å². The molecule has 0 aliphatic carbocycles. The fourth-order valence-electron chi connectivity index (χ4n) is 1.82. The molecule has 0 N–H and O–H groups in total. The van der Waals surface area contributed by atoms with Crippen LogP contribution in [0.3, 0.4) is 0 Å². The van der Waals surface area contributed by atoms with E-state index in [-0.39, 0.29) is 28.2 Å². The van der Waals surface area contributed by atoms with E-state index < -0.39 is 22.4 Å². The quantitative estimate of drug-likeness (QED) is 0.587. The number of aromatic nitrogens is 2. The number of ether oxygens (including phenoxy) is 1. The molecule has 0 saturated carbocycles. The molecule has 2 aromatic rings. The topological polar surface area (TPSA) is 70.2 Å². The van der Waals surface area contributed by atoms with E-state index in [1.807, 2.05) is 0 Å². The second-order valence-corrected chi connectivity index (χ2v) is 5.04. The molecule has 0 saturated heterocycles. The predicted molar refractivity (Wildman–Crippen MR) is 76.4 cm³/mol. The van der Waals surface area contributed by atoms with Gasteiger partial charge in [0.2, 0.25) is 0 Å². The summed E-state index contributed by atoms with van der Waals surface area (Å²) in [4.78, 5) is 10.2. The number of hydrogen-bond donors (Lipinski definition) is 0. The maximum absolute atomic E-state index is 12.7. The lowest BCUT2D eigenvalue weighted by atomic mass is 10.2. The van der Waals surface area contributed by atoms with Crippen LogP contribution in [-0.2, 0) is 6.18 Å². The summed E-state index contributed by atoms with van der Waals surface area (Å²) in [6, 6.07) is 1.32. The monoisotopic (exact) mass is 369 g/mol. The first-order chi connectivity index (χ1) is 10.7. The Morgan fingerprint density at radius 1 is 1.35 bits per heavy atom. The summed E-state index contributed by atoms with van der Waals surface area (Å²) in [5.74, 6) is -0.277. The predicted octanol–water partition coefficient (Wildman–Crippen LogP) is 4.50. The molecule has 0 aliphatic rings. The van der Waals surface area contributed by atoms with Crippen LogP contribution in [0.1, 0.15) is 12.5 Å². The minimum atomic E-state index is -4.63. The first kappa shape index (κ1) is 17.4. The van der Waals surface area contributed by atoms with Gasteiger partial charge in [-0.3, -0.25) is 10.1 Å². The molecule has 11 heteroatoms. The van der Waals surface area contributed by atoms with Gasteiger partial charge in [-0.2, -0.15) is 23.0 Å². The molecule has 23 heavy (non-hydrogen) atoms. The summed E-state index contributed by atoms with van der Waals surface area (Å²) in [5.41, 5.74) is -1.65. The first-order valence-corrected chi connectivity index (χ1v) is 6.84. The van der Waals surface area contributed by atoms with Gasteiger partial charge in [0.25, 0.3) is 5.88 Å². The summed E-state index contributed by atoms with van der Waals surface area (Å²) in [6.07, 6.45) is -3.74. The SMILES string of the molecule is CCOc1c([N+](=O)[O-])cnn1-c1c(Cl)cc(C(F)(F)F)cc1Cl. The van der Waals surface area contributed by atoms with Gasteiger partial charge in [0, 0.05) is 0 Å². The van der Waals surface area contributed by atoms with Gasteiger partial charge < -0.3 is 4.74 Å². The van der Waals surface area contributed by atoms with Crippen molar-refractivity contribution >= 4 is 28.9 Å². The summed E-state index contributed by atoms with van der Waals surface area (Å²) < 4.78 is 44.3. The summed E-state index contributed by atoms with van der Waals surface area (Å²) >= 11 is 11.7. The molecule has 124 valence electrons. The Hall–Kier alpha value is -2.00. The number of benzene rings is 1. The van der Waals surface area contributed by atoms with E-state index in [9.17, 15) is 23.3 Å². The van der Waals surface area contributed by atoms with Crippen molar-refractivity contribution < 1.29 is 22.8 Å². The molecular weight excluding hydrogens is 362 g/mol. The van der Waals surface area contributed by atoms with Gasteiger partial charge in [0.1, 0.15) is 11.9 Å². The van der Waals surface area contributed by atoms with E-state index in [4.69, 9.17) is 27.9 Å². The number of alkyl halides is 3. The average Bonchev–Trinajstić information content (AvgIpc) is 2.81. The van der Waals surface area contributed by atoms with Crippen LogP contribution in [0, 0.1) is 10.1 Å². The van der Waals surface area contributed by atoms with Crippen LogP contribution >= 0.6 is 23.2 Å². The van der Waals surface area contributed by atoms with E-state index in [0.29, 0.717) is 12.1 Å². The molecule has 0 spiro atoms. The summed E-state index contributed by atoms with van der Waals surface area (Å²) in [5, 5.41) is 14.0. The van der Waals surface area contributed by atoms with E-state index in [2.05, 4.69) is 5.10 Å². The lowest BCUT2D eigenvalue weighted by Gasteiger charge is -2.13. The first-order valence-electron chi connectivity index (χ1n) is 6.08. The van der Waals surface area contributed by atoms with Crippen molar-refractivity contribution in [2.45, 2.75) is 13.1 Å². The van der Waals surface area contributed by atoms with E-state index in [0.717, 1.165) is 10.9 Å². The number of hydrogen-bond acceptors (Lipinski definition) is 4. The maximum atomic E-state index is 12.7. The second-order valence-electron chi connectivity index (χ2n) is 4.22. The fraction of sp³-hybridized carbons (Fsp3) is 0.250. The van der Waals surface area contributed by atoms with Gasteiger partial charge in [0.05, 0.1) is 27.1 Å². The van der Waals surface area contributed by atoms with Gasteiger partial charge >= 0.3 is 11.9 Å². The minimum Gasteiger partial charge on any atom is -0.473 e. The van der Waals surface area contributed by atoms with Crippen LogP contribution in [0.5, 0.6) is 5.88 Å². The average molecular weight is 370 g/mol. The molecule has 1 aromatic carbocycles. The van der Waals surface area contributed by atoms with Gasteiger partial charge in [-0.15, -0.1) is 0 Å². The summed E-state index contributed by atoms with van der Waals surface area (Å²) in [7, 11) is 0. The van der Waals surface area contributed by atoms with Gasteiger partial charge in [-0.05, 0) is 19.1 Å². The highest BCUT2D eigenvalue weighted by molar-refractivity contribution is 6.37. The van der Waals surface area contributed by atoms with Crippen molar-refractivity contribution in [2.24, 2.45) is 0 Å². The van der Waals surface area contributed by atoms with Crippen molar-refractivity contribution in [2.75, 3.05) is 6.61 Å². The smallest absolute Gasteiger partial charge is 0.416 e. The number of nitro groups is 1. The fourth-order valence-corrected chi connectivity index (χ4v) is 2.46. The molecule has 0 amide bonds. The third-order valence-electron chi connectivity index (χ3n) is 2.74. The zero-order chi connectivity index (χ0) is 17.4. The molecule has 0 radical (unpaired) electrons. The third-order valence-corrected chi connectivity index (χ3v) is 3.32. The highest BCUT2D eigenvalue weighted by Gasteiger charge is 2.33. The van der Waals surface area contributed by atoms with Crippen molar-refractivity contribution in [1.29, 1.82) is 0 Å². The Labute approximate surface area is 137 Å². The van der Waals surface area contributed by atoms with E-state index in [1.54, 1.807) is 6.92 Å². The molecule has 1 heterocycles. The van der Waals surface area contributed by atoms with Crippen LogP contribution in [0.25, 0.3) is 5.69 Å². The second kappa shape index (κ2) is 6.25. The van der Waals surface area contributed by atoms with E-state index >= 15 is 0 Å². The number of rotatable bonds is 4. The lowest BCUT2D eigenvalue weighted by Crippen LogP contribution is -2.08. The molecule has 0 fully saturated rings. The molecule has 0 bridgehead atoms. The van der Waals surface area contributed by atoms with Crippen LogP contribution < -0.4 is 4.74 Å². The van der Waals surface area contributed by atoms with E-state index in [1.165, 1.54) is 0 Å². The Morgan fingerprint density at radius 2 is 1.91 bits per heavy atom. The summed E-state index contributed by atoms with van der Waals surface area (Å²) in [6.45, 7) is 1.65. The van der Waals surface area contributed by atoms with Gasteiger partial charge in [-0.1, -0.05) is 23.2 Å². The van der Waals surface area contributed by atoms with Crippen molar-refractivity contribution in [3.63, 3.8) is 0 Å². The van der Waals surface area contributed by atoms with Crippen LogP contribution in [0.4, 0.5) is 18.9 Å². The molecule has 0 aliphatic heterocycles. The molecular formula is C12H8Cl2F3N3O3. The molecule has 0 atom stereocenters. The number of halogens is 5. The lowest BCUT2D eigenvalue weighted by molar-refractivity contribution is -0.385. The number of nitrogens with zero attached hydrogens (tertiary/aromatic N) is 3. The molecule has 0 unspecified atom stereocenters. The molecule has 1 aromatic heterocycles. The minimum absolute atomic E-state index is 0.0718. The van der Waals surface area contributed by atoms with Crippen molar-refractivity contribution in [3.05, 3.63) is 44.1 Å². The Bertz CT molecular complexity index is 739. The van der Waals surface area contributed by atoms with Crippen LogP contribution in [0.15, 0.2) is 18.3 Å². The third kappa shape index (κ3) is 3.35. The van der Waals surface area contributed by atoms with Crippen molar-refractivity contribution in [3.8, 4) is 11.6 Å². The highest BCUT2D eigenvalue weighted by Crippen LogP contribution is 2.40. The highest BCUT2D eigenvalue weighted by atomic mass is 35.5. The largest absolute Gasteiger partial charge is 0.473 e. The van der Waals surface area contributed by atoms with Crippen LogP contribution in [0.2, 0.25) is 10.0 Å². The Morgan fingerprint density at radius 3 is 2.35 bits per heavy atom. The zero-order valence-electron chi connectivity index (χ0n) is 11.4. The Balaban J connectivity index is 2.66. The van der Waals surface area contributed by atoms with Crippen LogP contribution in [-0.4, -0.2) is 21.3 Å². The van der Waals surface area contributed by atoms with Gasteiger partial charge in [-0.25, -0.2) is 0 Å². The zero-order valence-corrected chi connectivity index (χ0v) is 12.9. The van der Waals surface area contributed by atoms with Gasteiger partial charge in [0.15, 0.2) is 0 Å². The molecule has 2 rings (SSSR count). The Kier molecular flexibility index (Phi) is 4.71. The molecule has 6 nitrogen and oxygen atoms in total. The normalized spacial score (nSPS) is 11.6. The maximum Gasteiger partial charge on any atom is 0.416 e.